The first-order valence-corrected chi connectivity index (χ1v) is 4.81. The van der Waals surface area contributed by atoms with Crippen LogP contribution in [-0.2, 0) is 10.0 Å². The van der Waals surface area contributed by atoms with E-state index in [0.29, 0.717) is 6.54 Å². The van der Waals surface area contributed by atoms with Gasteiger partial charge in [0.05, 0.1) is 5.25 Å². The van der Waals surface area contributed by atoms with E-state index in [9.17, 15) is 8.42 Å². The Morgan fingerprint density at radius 3 is 2.60 bits per heavy atom. The maximum atomic E-state index is 11.0. The van der Waals surface area contributed by atoms with Crippen LogP contribution in [0.3, 0.4) is 0 Å². The molecule has 1 fully saturated rings. The van der Waals surface area contributed by atoms with Gasteiger partial charge in [-0.25, -0.2) is 13.1 Å². The Labute approximate surface area is 61.2 Å². The molecule has 0 bridgehead atoms. The zero-order valence-corrected chi connectivity index (χ0v) is 6.52. The summed E-state index contributed by atoms with van der Waals surface area (Å²) in [6.07, 6.45) is 3.17. The molecule has 1 saturated carbocycles. The van der Waals surface area contributed by atoms with Crippen LogP contribution in [-0.4, -0.2) is 20.2 Å². The Morgan fingerprint density at radius 1 is 1.60 bits per heavy atom. The predicted molar refractivity (Wildman–Crippen MR) is 40.1 cm³/mol. The topological polar surface area (TPSA) is 46.2 Å². The summed E-state index contributed by atoms with van der Waals surface area (Å²) in [5, 5.41) is -0.118. The molecule has 0 amide bonds. The first-order valence-electron chi connectivity index (χ1n) is 3.26. The lowest BCUT2D eigenvalue weighted by molar-refractivity contribution is 0.584. The van der Waals surface area contributed by atoms with Crippen LogP contribution in [0.15, 0.2) is 12.7 Å². The number of hydrogen-bond acceptors (Lipinski definition) is 2. The molecule has 1 N–H and O–H groups in total. The Bertz CT molecular complexity index is 216. The first kappa shape index (κ1) is 7.75. The van der Waals surface area contributed by atoms with Crippen molar-refractivity contribution in [1.29, 1.82) is 0 Å². The summed E-state index contributed by atoms with van der Waals surface area (Å²) < 4.78 is 24.4. The molecule has 0 aromatic heterocycles. The molecule has 1 aliphatic carbocycles. The van der Waals surface area contributed by atoms with Crippen LogP contribution in [0.4, 0.5) is 0 Å². The normalized spacial score (nSPS) is 18.8. The SMILES string of the molecule is C=CCNS(=O)(=O)C1CC1. The molecule has 0 aromatic rings. The van der Waals surface area contributed by atoms with E-state index in [1.165, 1.54) is 0 Å². The Balaban J connectivity index is 2.43. The number of nitrogens with one attached hydrogen (secondary N) is 1. The van der Waals surface area contributed by atoms with Gasteiger partial charge in [-0.3, -0.25) is 0 Å². The molecule has 0 spiro atoms. The second-order valence-corrected chi connectivity index (χ2v) is 4.43. The van der Waals surface area contributed by atoms with Crippen molar-refractivity contribution in [2.75, 3.05) is 6.54 Å². The molecule has 4 heteroatoms. The van der Waals surface area contributed by atoms with Crippen LogP contribution in [0, 0.1) is 0 Å². The molecule has 0 unspecified atom stereocenters. The van der Waals surface area contributed by atoms with Crippen molar-refractivity contribution in [3.63, 3.8) is 0 Å². The largest absolute Gasteiger partial charge is 0.214 e. The summed E-state index contributed by atoms with van der Waals surface area (Å²) in [4.78, 5) is 0. The maximum Gasteiger partial charge on any atom is 0.214 e. The predicted octanol–water partition coefficient (Wildman–Crippen LogP) is 0.254. The van der Waals surface area contributed by atoms with Gasteiger partial charge in [-0.15, -0.1) is 6.58 Å². The minimum Gasteiger partial charge on any atom is -0.212 e. The summed E-state index contributed by atoms with van der Waals surface area (Å²) in [7, 11) is -2.97. The molecule has 3 nitrogen and oxygen atoms in total. The van der Waals surface area contributed by atoms with E-state index in [-0.39, 0.29) is 5.25 Å². The molecule has 10 heavy (non-hydrogen) atoms. The van der Waals surface area contributed by atoms with E-state index in [2.05, 4.69) is 11.3 Å². The minimum atomic E-state index is -2.97. The van der Waals surface area contributed by atoms with Gasteiger partial charge in [0.1, 0.15) is 0 Å². The third-order valence-electron chi connectivity index (χ3n) is 1.39. The van der Waals surface area contributed by atoms with Gasteiger partial charge in [0.2, 0.25) is 10.0 Å². The minimum absolute atomic E-state index is 0.118. The number of hydrogen-bond donors (Lipinski definition) is 1. The van der Waals surface area contributed by atoms with Crippen molar-refractivity contribution in [2.24, 2.45) is 0 Å². The van der Waals surface area contributed by atoms with Crippen molar-refractivity contribution < 1.29 is 8.42 Å². The molecular weight excluding hydrogens is 150 g/mol. The van der Waals surface area contributed by atoms with Crippen LogP contribution in [0.25, 0.3) is 0 Å². The van der Waals surface area contributed by atoms with Crippen LogP contribution in [0.2, 0.25) is 0 Å². The molecule has 0 aromatic carbocycles. The summed E-state index contributed by atoms with van der Waals surface area (Å²) in [5.41, 5.74) is 0. The number of sulfonamides is 1. The number of rotatable bonds is 4. The third kappa shape index (κ3) is 1.82. The van der Waals surface area contributed by atoms with E-state index in [1.807, 2.05) is 0 Å². The van der Waals surface area contributed by atoms with Crippen LogP contribution >= 0.6 is 0 Å². The molecule has 0 radical (unpaired) electrons. The third-order valence-corrected chi connectivity index (χ3v) is 3.31. The summed E-state index contributed by atoms with van der Waals surface area (Å²) in [5.74, 6) is 0. The van der Waals surface area contributed by atoms with Gasteiger partial charge in [0.25, 0.3) is 0 Å². The highest BCUT2D eigenvalue weighted by molar-refractivity contribution is 7.90. The quantitative estimate of drug-likeness (QED) is 0.601. The summed E-state index contributed by atoms with van der Waals surface area (Å²) in [6.45, 7) is 3.76. The van der Waals surface area contributed by atoms with Gasteiger partial charge in [-0.1, -0.05) is 6.08 Å². The average molecular weight is 161 g/mol. The fourth-order valence-corrected chi connectivity index (χ4v) is 2.01. The highest BCUT2D eigenvalue weighted by Crippen LogP contribution is 2.27. The fraction of sp³-hybridized carbons (Fsp3) is 0.667. The molecule has 0 aliphatic heterocycles. The van der Waals surface area contributed by atoms with E-state index in [4.69, 9.17) is 0 Å². The van der Waals surface area contributed by atoms with E-state index < -0.39 is 10.0 Å². The van der Waals surface area contributed by atoms with Crippen molar-refractivity contribution in [3.8, 4) is 0 Å². The van der Waals surface area contributed by atoms with Crippen LogP contribution < -0.4 is 4.72 Å². The van der Waals surface area contributed by atoms with Crippen molar-refractivity contribution >= 4 is 10.0 Å². The fourth-order valence-electron chi connectivity index (χ4n) is 0.671. The highest BCUT2D eigenvalue weighted by Gasteiger charge is 2.34. The maximum absolute atomic E-state index is 11.0. The zero-order valence-electron chi connectivity index (χ0n) is 5.71. The van der Waals surface area contributed by atoms with Gasteiger partial charge in [-0.2, -0.15) is 0 Å². The monoisotopic (exact) mass is 161 g/mol. The van der Waals surface area contributed by atoms with E-state index >= 15 is 0 Å². The lowest BCUT2D eigenvalue weighted by atomic mass is 10.7. The molecule has 1 rings (SSSR count). The first-order chi connectivity index (χ1) is 4.67. The lowest BCUT2D eigenvalue weighted by Gasteiger charge is -1.99. The molecule has 1 aliphatic rings. The van der Waals surface area contributed by atoms with Crippen LogP contribution in [0.1, 0.15) is 12.8 Å². The highest BCUT2D eigenvalue weighted by atomic mass is 32.2. The van der Waals surface area contributed by atoms with Gasteiger partial charge in [-0.05, 0) is 12.8 Å². The molecular formula is C6H11NO2S. The molecule has 58 valence electrons. The second kappa shape index (κ2) is 2.72. The summed E-state index contributed by atoms with van der Waals surface area (Å²) >= 11 is 0. The smallest absolute Gasteiger partial charge is 0.212 e. The van der Waals surface area contributed by atoms with Gasteiger partial charge in [0, 0.05) is 6.54 Å². The van der Waals surface area contributed by atoms with Crippen LogP contribution in [0.5, 0.6) is 0 Å². The Morgan fingerprint density at radius 2 is 2.20 bits per heavy atom. The van der Waals surface area contributed by atoms with Gasteiger partial charge < -0.3 is 0 Å². The lowest BCUT2D eigenvalue weighted by Crippen LogP contribution is -2.27. The van der Waals surface area contributed by atoms with Crippen molar-refractivity contribution in [2.45, 2.75) is 18.1 Å². The second-order valence-electron chi connectivity index (χ2n) is 2.38. The Kier molecular flexibility index (Phi) is 2.11. The summed E-state index contributed by atoms with van der Waals surface area (Å²) in [6, 6.07) is 0. The van der Waals surface area contributed by atoms with Gasteiger partial charge >= 0.3 is 0 Å². The van der Waals surface area contributed by atoms with Gasteiger partial charge in [0.15, 0.2) is 0 Å². The van der Waals surface area contributed by atoms with Crippen molar-refractivity contribution in [1.82, 2.24) is 4.72 Å². The molecule has 0 atom stereocenters. The van der Waals surface area contributed by atoms with Crippen molar-refractivity contribution in [3.05, 3.63) is 12.7 Å². The average Bonchev–Trinajstić information content (AvgIpc) is 2.64. The van der Waals surface area contributed by atoms with E-state index in [0.717, 1.165) is 12.8 Å². The standard InChI is InChI=1S/C6H11NO2S/c1-2-5-7-10(8,9)6-3-4-6/h2,6-7H,1,3-5H2. The molecule has 0 saturated heterocycles. The molecule has 0 heterocycles. The Hall–Kier alpha value is -0.350. The zero-order chi connectivity index (χ0) is 7.61. The van der Waals surface area contributed by atoms with E-state index in [1.54, 1.807) is 6.08 Å².